The highest BCUT2D eigenvalue weighted by atomic mass is 15.4. The Labute approximate surface area is 59.4 Å². The van der Waals surface area contributed by atoms with E-state index in [2.05, 4.69) is 21.2 Å². The van der Waals surface area contributed by atoms with Crippen molar-refractivity contribution in [2.45, 2.75) is 0 Å². The Bertz CT molecular complexity index is 184. The average Bonchev–Trinajstić information content (AvgIpc) is 2.28. The first-order valence-electron chi connectivity index (χ1n) is 3.42. The van der Waals surface area contributed by atoms with Gasteiger partial charge in [-0.05, 0) is 0 Å². The van der Waals surface area contributed by atoms with Crippen LogP contribution in [0.15, 0.2) is 17.4 Å². The maximum Gasteiger partial charge on any atom is 0.122 e. The standard InChI is InChI=1S/C6H10N4/c1-2-8-6-5(3-7-1)4-9-10-6/h1-2,5,7,9H,3-4H2,(H,8,10). The molecule has 1 saturated heterocycles. The average molecular weight is 138 g/mol. The van der Waals surface area contributed by atoms with Gasteiger partial charge >= 0.3 is 0 Å². The fourth-order valence-electron chi connectivity index (χ4n) is 1.15. The highest BCUT2D eigenvalue weighted by Gasteiger charge is 2.21. The SMILES string of the molecule is C1=CNCC2CNNC2=N1. The smallest absolute Gasteiger partial charge is 0.122 e. The molecule has 4 nitrogen and oxygen atoms in total. The van der Waals surface area contributed by atoms with Crippen molar-refractivity contribution < 1.29 is 0 Å². The van der Waals surface area contributed by atoms with Crippen LogP contribution in [-0.2, 0) is 0 Å². The van der Waals surface area contributed by atoms with E-state index < -0.39 is 0 Å². The number of nitrogens with zero attached hydrogens (tertiary/aromatic N) is 1. The molecule has 1 atom stereocenters. The van der Waals surface area contributed by atoms with Crippen molar-refractivity contribution in [3.05, 3.63) is 12.4 Å². The summed E-state index contributed by atoms with van der Waals surface area (Å²) in [6, 6.07) is 0. The minimum absolute atomic E-state index is 0.509. The van der Waals surface area contributed by atoms with Crippen LogP contribution in [0.4, 0.5) is 0 Å². The van der Waals surface area contributed by atoms with Crippen LogP contribution in [0.1, 0.15) is 0 Å². The van der Waals surface area contributed by atoms with Crippen molar-refractivity contribution in [1.82, 2.24) is 16.2 Å². The molecule has 0 aliphatic carbocycles. The minimum Gasteiger partial charge on any atom is -0.389 e. The highest BCUT2D eigenvalue weighted by Crippen LogP contribution is 2.02. The third kappa shape index (κ3) is 0.863. The summed E-state index contributed by atoms with van der Waals surface area (Å²) in [7, 11) is 0. The van der Waals surface area contributed by atoms with Crippen LogP contribution in [0, 0.1) is 5.92 Å². The Morgan fingerprint density at radius 2 is 2.50 bits per heavy atom. The second-order valence-corrected chi connectivity index (χ2v) is 2.44. The molecule has 2 aliphatic heterocycles. The molecule has 0 aromatic heterocycles. The van der Waals surface area contributed by atoms with Crippen LogP contribution >= 0.6 is 0 Å². The van der Waals surface area contributed by atoms with Gasteiger partial charge in [0, 0.05) is 31.4 Å². The van der Waals surface area contributed by atoms with Crippen molar-refractivity contribution in [1.29, 1.82) is 0 Å². The largest absolute Gasteiger partial charge is 0.389 e. The molecule has 54 valence electrons. The number of fused-ring (bicyclic) bond motifs is 1. The maximum absolute atomic E-state index is 4.19. The van der Waals surface area contributed by atoms with Crippen LogP contribution in [0.2, 0.25) is 0 Å². The number of nitrogens with one attached hydrogen (secondary N) is 3. The molecule has 2 heterocycles. The van der Waals surface area contributed by atoms with Gasteiger partial charge in [0.25, 0.3) is 0 Å². The number of hydrazine groups is 1. The zero-order chi connectivity index (χ0) is 6.81. The summed E-state index contributed by atoms with van der Waals surface area (Å²) < 4.78 is 0. The summed E-state index contributed by atoms with van der Waals surface area (Å²) in [5.41, 5.74) is 6.04. The Hall–Kier alpha value is -1.03. The third-order valence-corrected chi connectivity index (χ3v) is 1.72. The molecule has 2 rings (SSSR count). The van der Waals surface area contributed by atoms with Gasteiger partial charge in [-0.3, -0.25) is 0 Å². The predicted molar refractivity (Wildman–Crippen MR) is 39.2 cm³/mol. The fourth-order valence-corrected chi connectivity index (χ4v) is 1.15. The lowest BCUT2D eigenvalue weighted by molar-refractivity contribution is 0.629. The van der Waals surface area contributed by atoms with Gasteiger partial charge in [-0.2, -0.15) is 0 Å². The van der Waals surface area contributed by atoms with E-state index >= 15 is 0 Å². The molecule has 1 fully saturated rings. The van der Waals surface area contributed by atoms with E-state index in [0.29, 0.717) is 5.92 Å². The molecule has 1 unspecified atom stereocenters. The number of hydrogen-bond acceptors (Lipinski definition) is 4. The van der Waals surface area contributed by atoms with E-state index in [1.165, 1.54) is 0 Å². The summed E-state index contributed by atoms with van der Waals surface area (Å²) in [5.74, 6) is 1.55. The second kappa shape index (κ2) is 2.30. The summed E-state index contributed by atoms with van der Waals surface area (Å²) in [5, 5.41) is 3.14. The topological polar surface area (TPSA) is 48.4 Å². The van der Waals surface area contributed by atoms with Crippen LogP contribution in [-0.4, -0.2) is 18.9 Å². The lowest BCUT2D eigenvalue weighted by Gasteiger charge is -2.04. The van der Waals surface area contributed by atoms with Gasteiger partial charge in [0.15, 0.2) is 0 Å². The van der Waals surface area contributed by atoms with E-state index in [-0.39, 0.29) is 0 Å². The normalized spacial score (nSPS) is 29.6. The van der Waals surface area contributed by atoms with Crippen LogP contribution in [0.3, 0.4) is 0 Å². The quantitative estimate of drug-likeness (QED) is 0.410. The van der Waals surface area contributed by atoms with Gasteiger partial charge in [0.05, 0.1) is 0 Å². The van der Waals surface area contributed by atoms with Crippen molar-refractivity contribution in [3.8, 4) is 0 Å². The van der Waals surface area contributed by atoms with Gasteiger partial charge in [0.2, 0.25) is 0 Å². The van der Waals surface area contributed by atoms with Crippen LogP contribution < -0.4 is 16.2 Å². The Kier molecular flexibility index (Phi) is 1.32. The van der Waals surface area contributed by atoms with Gasteiger partial charge in [-0.1, -0.05) is 0 Å². The van der Waals surface area contributed by atoms with Crippen LogP contribution in [0.25, 0.3) is 0 Å². The molecule has 0 bridgehead atoms. The minimum atomic E-state index is 0.509. The molecule has 0 spiro atoms. The lowest BCUT2D eigenvalue weighted by Crippen LogP contribution is -2.27. The summed E-state index contributed by atoms with van der Waals surface area (Å²) >= 11 is 0. The van der Waals surface area contributed by atoms with Gasteiger partial charge in [0.1, 0.15) is 5.84 Å². The molecule has 10 heavy (non-hydrogen) atoms. The Morgan fingerprint density at radius 3 is 3.50 bits per heavy atom. The predicted octanol–water partition coefficient (Wildman–Crippen LogP) is -0.817. The molecule has 0 aromatic rings. The number of rotatable bonds is 0. The first-order chi connectivity index (χ1) is 4.97. The van der Waals surface area contributed by atoms with Crippen molar-refractivity contribution in [2.24, 2.45) is 10.9 Å². The number of amidine groups is 1. The summed E-state index contributed by atoms with van der Waals surface area (Å²) in [6.45, 7) is 1.93. The first kappa shape index (κ1) is 5.73. The maximum atomic E-state index is 4.19. The molecule has 3 N–H and O–H groups in total. The van der Waals surface area contributed by atoms with E-state index in [1.807, 2.05) is 6.20 Å². The first-order valence-corrected chi connectivity index (χ1v) is 3.42. The fraction of sp³-hybridized carbons (Fsp3) is 0.500. The zero-order valence-electron chi connectivity index (χ0n) is 5.59. The number of hydrogen-bond donors (Lipinski definition) is 3. The third-order valence-electron chi connectivity index (χ3n) is 1.72. The molecule has 4 heteroatoms. The Balaban J connectivity index is 2.18. The molecule has 0 aromatic carbocycles. The summed E-state index contributed by atoms with van der Waals surface area (Å²) in [4.78, 5) is 4.19. The van der Waals surface area contributed by atoms with E-state index in [1.54, 1.807) is 6.20 Å². The van der Waals surface area contributed by atoms with Crippen LogP contribution in [0.5, 0.6) is 0 Å². The number of aliphatic imine (C=N–C) groups is 1. The molecule has 0 radical (unpaired) electrons. The molecule has 0 amide bonds. The highest BCUT2D eigenvalue weighted by molar-refractivity contribution is 5.86. The van der Waals surface area contributed by atoms with Crippen molar-refractivity contribution in [3.63, 3.8) is 0 Å². The lowest BCUT2D eigenvalue weighted by atomic mass is 10.1. The van der Waals surface area contributed by atoms with Crippen molar-refractivity contribution in [2.75, 3.05) is 13.1 Å². The van der Waals surface area contributed by atoms with E-state index in [4.69, 9.17) is 0 Å². The van der Waals surface area contributed by atoms with Crippen molar-refractivity contribution >= 4 is 5.84 Å². The van der Waals surface area contributed by atoms with Gasteiger partial charge < -0.3 is 10.7 Å². The molecule has 2 aliphatic rings. The van der Waals surface area contributed by atoms with Gasteiger partial charge in [-0.25, -0.2) is 10.4 Å². The van der Waals surface area contributed by atoms with Gasteiger partial charge in [-0.15, -0.1) is 0 Å². The molecular weight excluding hydrogens is 128 g/mol. The Morgan fingerprint density at radius 1 is 1.50 bits per heavy atom. The van der Waals surface area contributed by atoms with E-state index in [9.17, 15) is 0 Å². The van der Waals surface area contributed by atoms with E-state index in [0.717, 1.165) is 18.9 Å². The molecule has 0 saturated carbocycles. The second-order valence-electron chi connectivity index (χ2n) is 2.44. The molecular formula is C6H10N4. The summed E-state index contributed by atoms with van der Waals surface area (Å²) in [6.07, 6.45) is 3.64. The zero-order valence-corrected chi connectivity index (χ0v) is 5.59. The monoisotopic (exact) mass is 138 g/mol.